The molecule has 1 rings (SSSR count). The van der Waals surface area contributed by atoms with E-state index in [1.165, 1.54) is 23.4 Å². The van der Waals surface area contributed by atoms with Crippen LogP contribution in [0.4, 0.5) is 5.69 Å². The highest BCUT2D eigenvalue weighted by atomic mass is 35.5. The van der Waals surface area contributed by atoms with Gasteiger partial charge in [-0.3, -0.25) is 0 Å². The smallest absolute Gasteiger partial charge is 0.0426 e. The molecule has 2 nitrogen and oxygen atoms in total. The molecule has 19 heavy (non-hydrogen) atoms. The van der Waals surface area contributed by atoms with Gasteiger partial charge in [-0.15, -0.1) is 0 Å². The van der Waals surface area contributed by atoms with Crippen molar-refractivity contribution in [2.75, 3.05) is 30.5 Å². The quantitative estimate of drug-likeness (QED) is 0.780. The van der Waals surface area contributed by atoms with Crippen LogP contribution in [-0.4, -0.2) is 31.6 Å². The molecule has 0 aliphatic carbocycles. The molecule has 1 aromatic carbocycles. The molecule has 0 heterocycles. The van der Waals surface area contributed by atoms with Crippen molar-refractivity contribution in [1.82, 2.24) is 5.32 Å². The van der Waals surface area contributed by atoms with Crippen molar-refractivity contribution in [3.05, 3.63) is 28.8 Å². The Labute approximate surface area is 126 Å². The van der Waals surface area contributed by atoms with E-state index < -0.39 is 0 Å². The van der Waals surface area contributed by atoms with E-state index in [1.807, 2.05) is 17.8 Å². The van der Waals surface area contributed by atoms with Gasteiger partial charge >= 0.3 is 0 Å². The van der Waals surface area contributed by atoms with Gasteiger partial charge in [-0.2, -0.15) is 11.8 Å². The molecule has 0 spiro atoms. The Morgan fingerprint density at radius 1 is 1.42 bits per heavy atom. The minimum atomic E-state index is 0.520. The molecule has 0 bridgehead atoms. The topological polar surface area (TPSA) is 15.3 Å². The predicted molar refractivity (Wildman–Crippen MR) is 89.7 cm³/mol. The van der Waals surface area contributed by atoms with Gasteiger partial charge in [0.1, 0.15) is 0 Å². The zero-order valence-electron chi connectivity index (χ0n) is 12.4. The van der Waals surface area contributed by atoms with Crippen molar-refractivity contribution in [3.8, 4) is 0 Å². The number of thioether (sulfide) groups is 1. The molecule has 0 saturated heterocycles. The third kappa shape index (κ3) is 5.25. The minimum absolute atomic E-state index is 0.520. The van der Waals surface area contributed by atoms with E-state index in [4.69, 9.17) is 11.6 Å². The highest BCUT2D eigenvalue weighted by molar-refractivity contribution is 7.98. The Morgan fingerprint density at radius 3 is 2.79 bits per heavy atom. The Hall–Kier alpha value is -0.380. The van der Waals surface area contributed by atoms with Crippen LogP contribution in [0.1, 0.15) is 25.8 Å². The molecule has 0 fully saturated rings. The van der Waals surface area contributed by atoms with Crippen LogP contribution >= 0.6 is 23.4 Å². The first-order valence-corrected chi connectivity index (χ1v) is 8.58. The summed E-state index contributed by atoms with van der Waals surface area (Å²) in [6, 6.07) is 6.69. The van der Waals surface area contributed by atoms with E-state index in [0.29, 0.717) is 6.04 Å². The lowest BCUT2D eigenvalue weighted by molar-refractivity contribution is 0.660. The van der Waals surface area contributed by atoms with E-state index in [1.54, 1.807) is 0 Å². The van der Waals surface area contributed by atoms with Gasteiger partial charge in [0.25, 0.3) is 0 Å². The molecule has 0 amide bonds. The number of nitrogens with one attached hydrogen (secondary N) is 1. The summed E-state index contributed by atoms with van der Waals surface area (Å²) in [6.45, 7) is 6.27. The number of halogens is 1. The SMILES string of the molecule is CCNCc1ccc(Cl)cc1N(C)C(C)CCSC. The van der Waals surface area contributed by atoms with Crippen molar-refractivity contribution in [2.45, 2.75) is 32.9 Å². The first-order valence-electron chi connectivity index (χ1n) is 6.81. The summed E-state index contributed by atoms with van der Waals surface area (Å²) in [5.74, 6) is 1.19. The summed E-state index contributed by atoms with van der Waals surface area (Å²) in [5.41, 5.74) is 2.55. The Morgan fingerprint density at radius 2 is 2.16 bits per heavy atom. The van der Waals surface area contributed by atoms with Crippen LogP contribution in [0.15, 0.2) is 18.2 Å². The zero-order valence-corrected chi connectivity index (χ0v) is 13.9. The molecule has 0 aliphatic rings. The highest BCUT2D eigenvalue weighted by Gasteiger charge is 2.13. The van der Waals surface area contributed by atoms with E-state index in [9.17, 15) is 0 Å². The Balaban J connectivity index is 2.85. The van der Waals surface area contributed by atoms with Crippen LogP contribution in [0.3, 0.4) is 0 Å². The van der Waals surface area contributed by atoms with Gasteiger partial charge in [0.15, 0.2) is 0 Å². The fourth-order valence-corrected chi connectivity index (χ4v) is 2.74. The molecule has 1 unspecified atom stereocenters. The van der Waals surface area contributed by atoms with Gasteiger partial charge in [0.05, 0.1) is 0 Å². The average Bonchev–Trinajstić information content (AvgIpc) is 2.42. The molecule has 1 N–H and O–H groups in total. The third-order valence-corrected chi connectivity index (χ3v) is 4.27. The summed E-state index contributed by atoms with van der Waals surface area (Å²) < 4.78 is 0. The fraction of sp³-hybridized carbons (Fsp3) is 0.600. The van der Waals surface area contributed by atoms with Crippen molar-refractivity contribution in [2.24, 2.45) is 0 Å². The number of hydrogen-bond acceptors (Lipinski definition) is 3. The molecule has 0 aromatic heterocycles. The molecule has 0 radical (unpaired) electrons. The lowest BCUT2D eigenvalue weighted by Crippen LogP contribution is -2.30. The normalized spacial score (nSPS) is 12.5. The van der Waals surface area contributed by atoms with Gasteiger partial charge in [0, 0.05) is 30.3 Å². The molecule has 108 valence electrons. The van der Waals surface area contributed by atoms with Crippen LogP contribution in [0.5, 0.6) is 0 Å². The minimum Gasteiger partial charge on any atom is -0.372 e. The molecule has 0 aliphatic heterocycles. The van der Waals surface area contributed by atoms with Crippen LogP contribution in [0, 0.1) is 0 Å². The summed E-state index contributed by atoms with van der Waals surface area (Å²) in [4.78, 5) is 2.34. The van der Waals surface area contributed by atoms with Crippen LogP contribution < -0.4 is 10.2 Å². The number of nitrogens with zero attached hydrogens (tertiary/aromatic N) is 1. The largest absolute Gasteiger partial charge is 0.372 e. The van der Waals surface area contributed by atoms with Gasteiger partial charge in [0.2, 0.25) is 0 Å². The highest BCUT2D eigenvalue weighted by Crippen LogP contribution is 2.26. The lowest BCUT2D eigenvalue weighted by Gasteiger charge is -2.29. The van der Waals surface area contributed by atoms with Crippen molar-refractivity contribution < 1.29 is 0 Å². The van der Waals surface area contributed by atoms with Gasteiger partial charge < -0.3 is 10.2 Å². The Bertz CT molecular complexity index is 384. The first kappa shape index (κ1) is 16.7. The zero-order chi connectivity index (χ0) is 14.3. The standard InChI is InChI=1S/C15H25ClN2S/c1-5-17-11-13-6-7-14(16)10-15(13)18(3)12(2)8-9-19-4/h6-7,10,12,17H,5,8-9,11H2,1-4H3. The second-order valence-electron chi connectivity index (χ2n) is 4.79. The summed E-state index contributed by atoms with van der Waals surface area (Å²) in [5, 5.41) is 4.19. The Kier molecular flexibility index (Phi) is 7.66. The van der Waals surface area contributed by atoms with Crippen LogP contribution in [0.25, 0.3) is 0 Å². The van der Waals surface area contributed by atoms with Gasteiger partial charge in [-0.1, -0.05) is 24.6 Å². The summed E-state index contributed by atoms with van der Waals surface area (Å²) in [6.07, 6.45) is 3.34. The number of benzene rings is 1. The van der Waals surface area contributed by atoms with Crippen LogP contribution in [0.2, 0.25) is 5.02 Å². The lowest BCUT2D eigenvalue weighted by atomic mass is 10.1. The molecule has 0 saturated carbocycles. The average molecular weight is 301 g/mol. The number of rotatable bonds is 8. The molecule has 1 atom stereocenters. The molecule has 4 heteroatoms. The van der Waals surface area contributed by atoms with E-state index >= 15 is 0 Å². The van der Waals surface area contributed by atoms with Gasteiger partial charge in [-0.05, 0) is 49.6 Å². The van der Waals surface area contributed by atoms with Crippen molar-refractivity contribution in [1.29, 1.82) is 0 Å². The first-order chi connectivity index (χ1) is 9.10. The van der Waals surface area contributed by atoms with E-state index in [-0.39, 0.29) is 0 Å². The predicted octanol–water partition coefficient (Wildman–Crippen LogP) is 4.03. The third-order valence-electron chi connectivity index (χ3n) is 3.39. The summed E-state index contributed by atoms with van der Waals surface area (Å²) >= 11 is 8.05. The fourth-order valence-electron chi connectivity index (χ4n) is 1.99. The number of anilines is 1. The number of hydrogen-bond donors (Lipinski definition) is 1. The van der Waals surface area contributed by atoms with Gasteiger partial charge in [-0.25, -0.2) is 0 Å². The summed E-state index contributed by atoms with van der Waals surface area (Å²) in [7, 11) is 2.16. The van der Waals surface area contributed by atoms with E-state index in [0.717, 1.165) is 18.1 Å². The second-order valence-corrected chi connectivity index (χ2v) is 6.22. The molecular weight excluding hydrogens is 276 g/mol. The van der Waals surface area contributed by atoms with Crippen LogP contribution in [-0.2, 0) is 6.54 Å². The maximum absolute atomic E-state index is 6.15. The van der Waals surface area contributed by atoms with E-state index in [2.05, 4.69) is 49.5 Å². The maximum Gasteiger partial charge on any atom is 0.0426 e. The maximum atomic E-state index is 6.15. The second kappa shape index (κ2) is 8.72. The molecular formula is C15H25ClN2S. The monoisotopic (exact) mass is 300 g/mol. The van der Waals surface area contributed by atoms with Crippen molar-refractivity contribution in [3.63, 3.8) is 0 Å². The van der Waals surface area contributed by atoms with Crippen molar-refractivity contribution >= 4 is 29.1 Å². The molecule has 1 aromatic rings.